The Balaban J connectivity index is 1.76. The van der Waals surface area contributed by atoms with Crippen molar-refractivity contribution in [1.29, 1.82) is 5.26 Å². The van der Waals surface area contributed by atoms with Crippen LogP contribution in [0.4, 0.5) is 5.69 Å². The lowest BCUT2D eigenvalue weighted by Crippen LogP contribution is -2.35. The van der Waals surface area contributed by atoms with Gasteiger partial charge in [-0.3, -0.25) is 9.59 Å². The van der Waals surface area contributed by atoms with E-state index in [-0.39, 0.29) is 12.1 Å². The Morgan fingerprint density at radius 2 is 1.85 bits per heavy atom. The lowest BCUT2D eigenvalue weighted by molar-refractivity contribution is -0.126. The van der Waals surface area contributed by atoms with E-state index in [9.17, 15) is 14.4 Å². The summed E-state index contributed by atoms with van der Waals surface area (Å²) in [5, 5.41) is 13.8. The zero-order chi connectivity index (χ0) is 18.9. The summed E-state index contributed by atoms with van der Waals surface area (Å²) in [7, 11) is 0. The van der Waals surface area contributed by atoms with E-state index in [0.717, 1.165) is 0 Å². The highest BCUT2D eigenvalue weighted by Gasteiger charge is 2.12. The zero-order valence-corrected chi connectivity index (χ0v) is 15.1. The van der Waals surface area contributed by atoms with Crippen LogP contribution in [0.15, 0.2) is 53.0 Å². The van der Waals surface area contributed by atoms with Crippen molar-refractivity contribution in [3.05, 3.63) is 64.1 Å². The summed E-state index contributed by atoms with van der Waals surface area (Å²) in [6.07, 6.45) is 0. The fourth-order valence-corrected chi connectivity index (χ4v) is 2.30. The van der Waals surface area contributed by atoms with Gasteiger partial charge in [-0.15, -0.1) is 0 Å². The van der Waals surface area contributed by atoms with Crippen LogP contribution in [0, 0.1) is 11.3 Å². The van der Waals surface area contributed by atoms with E-state index in [0.29, 0.717) is 15.7 Å². The molecule has 0 aromatic heterocycles. The number of carbonyl (C=O) groups excluding carboxylic acids is 3. The second-order valence-corrected chi connectivity index (χ2v) is 5.93. The predicted molar refractivity (Wildman–Crippen MR) is 97.2 cm³/mol. The highest BCUT2D eigenvalue weighted by molar-refractivity contribution is 9.10. The summed E-state index contributed by atoms with van der Waals surface area (Å²) in [4.78, 5) is 35.3. The molecule has 2 rings (SSSR count). The highest BCUT2D eigenvalue weighted by atomic mass is 79.9. The molecule has 0 aliphatic rings. The van der Waals surface area contributed by atoms with Gasteiger partial charge in [0, 0.05) is 4.47 Å². The van der Waals surface area contributed by atoms with Crippen LogP contribution in [0.3, 0.4) is 0 Å². The molecule has 0 saturated carbocycles. The van der Waals surface area contributed by atoms with Crippen LogP contribution in [0.25, 0.3) is 0 Å². The molecule has 2 N–H and O–H groups in total. The van der Waals surface area contributed by atoms with Crippen molar-refractivity contribution in [2.75, 3.05) is 18.5 Å². The van der Waals surface area contributed by atoms with Gasteiger partial charge in [0.1, 0.15) is 0 Å². The van der Waals surface area contributed by atoms with Crippen molar-refractivity contribution in [1.82, 2.24) is 5.32 Å². The number of nitrogens with zero attached hydrogens (tertiary/aromatic N) is 1. The molecule has 0 aliphatic heterocycles. The Labute approximate surface area is 158 Å². The minimum Gasteiger partial charge on any atom is -0.452 e. The molecule has 0 atom stereocenters. The number of nitrogens with one attached hydrogen (secondary N) is 2. The van der Waals surface area contributed by atoms with Gasteiger partial charge in [-0.1, -0.05) is 18.2 Å². The maximum Gasteiger partial charge on any atom is 0.338 e. The van der Waals surface area contributed by atoms with E-state index in [1.165, 1.54) is 12.1 Å². The van der Waals surface area contributed by atoms with E-state index < -0.39 is 24.4 Å². The first kappa shape index (κ1) is 19.1. The first-order valence-corrected chi connectivity index (χ1v) is 8.27. The van der Waals surface area contributed by atoms with Crippen LogP contribution >= 0.6 is 15.9 Å². The fraction of sp³-hybridized carbons (Fsp3) is 0.111. The Kier molecular flexibility index (Phi) is 6.88. The van der Waals surface area contributed by atoms with Gasteiger partial charge in [0.25, 0.3) is 5.91 Å². The molecule has 2 aromatic carbocycles. The SMILES string of the molecule is N#Cc1cccc(C(=O)OCC(=O)NCC(=O)Nc2ccccc2Br)c1. The molecule has 0 spiro atoms. The predicted octanol–water partition coefficient (Wildman–Crippen LogP) is 2.23. The summed E-state index contributed by atoms with van der Waals surface area (Å²) in [6.45, 7) is -0.792. The smallest absolute Gasteiger partial charge is 0.338 e. The third-order valence-corrected chi connectivity index (χ3v) is 3.85. The van der Waals surface area contributed by atoms with Crippen LogP contribution in [0.2, 0.25) is 0 Å². The zero-order valence-electron chi connectivity index (χ0n) is 13.5. The molecule has 0 fully saturated rings. The Morgan fingerprint density at radius 3 is 2.58 bits per heavy atom. The number of hydrogen-bond donors (Lipinski definition) is 2. The van der Waals surface area contributed by atoms with Crippen LogP contribution < -0.4 is 10.6 Å². The second kappa shape index (κ2) is 9.34. The second-order valence-electron chi connectivity index (χ2n) is 5.07. The van der Waals surface area contributed by atoms with E-state index in [1.807, 2.05) is 12.1 Å². The topological polar surface area (TPSA) is 108 Å². The van der Waals surface area contributed by atoms with Crippen LogP contribution in [-0.4, -0.2) is 30.9 Å². The molecule has 7 nitrogen and oxygen atoms in total. The summed E-state index contributed by atoms with van der Waals surface area (Å²) >= 11 is 3.30. The molecule has 26 heavy (non-hydrogen) atoms. The number of esters is 1. The molecule has 0 unspecified atom stereocenters. The quantitative estimate of drug-likeness (QED) is 0.703. The van der Waals surface area contributed by atoms with Crippen LogP contribution in [0.5, 0.6) is 0 Å². The Hall–Kier alpha value is -3.18. The van der Waals surface area contributed by atoms with Gasteiger partial charge in [0.2, 0.25) is 5.91 Å². The maximum atomic E-state index is 11.8. The molecule has 0 aliphatic carbocycles. The Bertz CT molecular complexity index is 877. The molecule has 0 heterocycles. The number of nitriles is 1. The molecule has 8 heteroatoms. The molecule has 0 saturated heterocycles. The molecule has 132 valence electrons. The van der Waals surface area contributed by atoms with E-state index in [1.54, 1.807) is 30.3 Å². The Morgan fingerprint density at radius 1 is 1.08 bits per heavy atom. The van der Waals surface area contributed by atoms with E-state index in [4.69, 9.17) is 10.00 Å². The summed E-state index contributed by atoms with van der Waals surface area (Å²) in [5.41, 5.74) is 1.06. The van der Waals surface area contributed by atoms with Gasteiger partial charge in [-0.2, -0.15) is 5.26 Å². The van der Waals surface area contributed by atoms with Crippen molar-refractivity contribution in [2.24, 2.45) is 0 Å². The highest BCUT2D eigenvalue weighted by Crippen LogP contribution is 2.20. The molecular weight excluding hydrogens is 402 g/mol. The van der Waals surface area contributed by atoms with E-state index >= 15 is 0 Å². The van der Waals surface area contributed by atoms with Gasteiger partial charge in [-0.05, 0) is 46.3 Å². The first-order chi connectivity index (χ1) is 12.5. The lowest BCUT2D eigenvalue weighted by Gasteiger charge is -2.09. The number of benzene rings is 2. The number of carbonyl (C=O) groups is 3. The van der Waals surface area contributed by atoms with E-state index in [2.05, 4.69) is 26.6 Å². The van der Waals surface area contributed by atoms with Crippen molar-refractivity contribution >= 4 is 39.4 Å². The van der Waals surface area contributed by atoms with Crippen LogP contribution in [-0.2, 0) is 14.3 Å². The largest absolute Gasteiger partial charge is 0.452 e. The third-order valence-electron chi connectivity index (χ3n) is 3.16. The number of rotatable bonds is 6. The molecule has 0 radical (unpaired) electrons. The number of anilines is 1. The maximum absolute atomic E-state index is 11.8. The molecule has 2 amide bonds. The van der Waals surface area contributed by atoms with Crippen LogP contribution in [0.1, 0.15) is 15.9 Å². The molecule has 2 aromatic rings. The van der Waals surface area contributed by atoms with Gasteiger partial charge in [0.05, 0.1) is 29.4 Å². The number of halogens is 1. The number of para-hydroxylation sites is 1. The summed E-state index contributed by atoms with van der Waals surface area (Å²) in [5.74, 6) is -1.76. The molecular formula is C18H14BrN3O4. The van der Waals surface area contributed by atoms with Gasteiger partial charge >= 0.3 is 5.97 Å². The third kappa shape index (κ3) is 5.72. The average molecular weight is 416 g/mol. The van der Waals surface area contributed by atoms with Crippen molar-refractivity contribution in [3.63, 3.8) is 0 Å². The van der Waals surface area contributed by atoms with Crippen molar-refractivity contribution < 1.29 is 19.1 Å². The first-order valence-electron chi connectivity index (χ1n) is 7.48. The minimum absolute atomic E-state index is 0.170. The monoisotopic (exact) mass is 415 g/mol. The lowest BCUT2D eigenvalue weighted by atomic mass is 10.1. The summed E-state index contributed by atoms with van der Waals surface area (Å²) < 4.78 is 5.58. The van der Waals surface area contributed by atoms with Gasteiger partial charge in [0.15, 0.2) is 6.61 Å². The number of ether oxygens (including phenoxy) is 1. The normalized spacial score (nSPS) is 9.69. The van der Waals surface area contributed by atoms with Crippen molar-refractivity contribution in [2.45, 2.75) is 0 Å². The van der Waals surface area contributed by atoms with Gasteiger partial charge in [-0.25, -0.2) is 4.79 Å². The minimum atomic E-state index is -0.727. The van der Waals surface area contributed by atoms with Crippen molar-refractivity contribution in [3.8, 4) is 6.07 Å². The number of amides is 2. The standard InChI is InChI=1S/C18H14BrN3O4/c19-14-6-1-2-7-15(14)22-16(23)10-21-17(24)11-26-18(25)13-5-3-4-12(8-13)9-20/h1-8H,10-11H2,(H,21,24)(H,22,23). The number of hydrogen-bond acceptors (Lipinski definition) is 5. The van der Waals surface area contributed by atoms with Gasteiger partial charge < -0.3 is 15.4 Å². The average Bonchev–Trinajstić information content (AvgIpc) is 2.66. The fourth-order valence-electron chi connectivity index (χ4n) is 1.92. The molecule has 0 bridgehead atoms. The summed E-state index contributed by atoms with van der Waals surface area (Å²) in [6, 6.07) is 14.9.